The van der Waals surface area contributed by atoms with E-state index in [1.54, 1.807) is 0 Å². The standard InChI is InChI=1S/C11H24N4/c1-14-5-7-15(8-6-14)13-11(9-12)10-3-2-4-10/h10-11,13H,2-9,12H2,1H3. The molecule has 15 heavy (non-hydrogen) atoms. The fraction of sp³-hybridized carbons (Fsp3) is 1.00. The zero-order valence-electron chi connectivity index (χ0n) is 9.78. The van der Waals surface area contributed by atoms with Gasteiger partial charge in [-0.2, -0.15) is 0 Å². The zero-order valence-corrected chi connectivity index (χ0v) is 9.78. The van der Waals surface area contributed by atoms with Gasteiger partial charge in [0.1, 0.15) is 0 Å². The summed E-state index contributed by atoms with van der Waals surface area (Å²) in [6.07, 6.45) is 4.12. The molecule has 0 aromatic carbocycles. The van der Waals surface area contributed by atoms with Crippen LogP contribution in [-0.4, -0.2) is 55.7 Å². The maximum Gasteiger partial charge on any atom is 0.0366 e. The Kier molecular flexibility index (Phi) is 3.97. The Labute approximate surface area is 92.8 Å². The number of nitrogens with one attached hydrogen (secondary N) is 1. The van der Waals surface area contributed by atoms with E-state index in [4.69, 9.17) is 5.73 Å². The van der Waals surface area contributed by atoms with Crippen LogP contribution in [0.3, 0.4) is 0 Å². The number of piperazine rings is 1. The maximum absolute atomic E-state index is 5.83. The van der Waals surface area contributed by atoms with Crippen molar-refractivity contribution < 1.29 is 0 Å². The minimum atomic E-state index is 0.516. The molecule has 1 heterocycles. The fourth-order valence-corrected chi connectivity index (χ4v) is 2.36. The quantitative estimate of drug-likeness (QED) is 0.681. The first-order valence-corrected chi connectivity index (χ1v) is 6.19. The van der Waals surface area contributed by atoms with Crippen molar-refractivity contribution >= 4 is 0 Å². The molecule has 0 amide bonds. The predicted octanol–water partition coefficient (Wildman–Crippen LogP) is -0.134. The van der Waals surface area contributed by atoms with Crippen LogP contribution in [-0.2, 0) is 0 Å². The molecule has 0 radical (unpaired) electrons. The Bertz CT molecular complexity index is 185. The molecule has 0 aromatic rings. The van der Waals surface area contributed by atoms with Gasteiger partial charge in [0.25, 0.3) is 0 Å². The van der Waals surface area contributed by atoms with Crippen molar-refractivity contribution in [1.82, 2.24) is 15.3 Å². The molecule has 1 aliphatic heterocycles. The van der Waals surface area contributed by atoms with E-state index < -0.39 is 0 Å². The molecular formula is C11H24N4. The van der Waals surface area contributed by atoms with E-state index in [2.05, 4.69) is 22.4 Å². The van der Waals surface area contributed by atoms with Gasteiger partial charge in [0.15, 0.2) is 0 Å². The topological polar surface area (TPSA) is 44.5 Å². The van der Waals surface area contributed by atoms with E-state index in [0.29, 0.717) is 6.04 Å². The van der Waals surface area contributed by atoms with Crippen molar-refractivity contribution in [2.45, 2.75) is 25.3 Å². The first-order valence-electron chi connectivity index (χ1n) is 6.19. The van der Waals surface area contributed by atoms with Crippen LogP contribution in [0.4, 0.5) is 0 Å². The number of rotatable bonds is 4. The van der Waals surface area contributed by atoms with Gasteiger partial charge in [-0.3, -0.25) is 5.43 Å². The molecule has 0 spiro atoms. The third-order valence-corrected chi connectivity index (χ3v) is 3.82. The first kappa shape index (κ1) is 11.3. The zero-order chi connectivity index (χ0) is 10.7. The van der Waals surface area contributed by atoms with Crippen molar-refractivity contribution in [2.24, 2.45) is 11.7 Å². The van der Waals surface area contributed by atoms with E-state index in [1.807, 2.05) is 0 Å². The smallest absolute Gasteiger partial charge is 0.0366 e. The lowest BCUT2D eigenvalue weighted by Gasteiger charge is -2.40. The van der Waals surface area contributed by atoms with Crippen LogP contribution in [0.1, 0.15) is 19.3 Å². The van der Waals surface area contributed by atoms with Crippen LogP contribution < -0.4 is 11.2 Å². The summed E-state index contributed by atoms with van der Waals surface area (Å²) < 4.78 is 0. The SMILES string of the molecule is CN1CCN(NC(CN)C2CCC2)CC1. The second-order valence-corrected chi connectivity index (χ2v) is 4.95. The van der Waals surface area contributed by atoms with E-state index in [9.17, 15) is 0 Å². The molecule has 2 fully saturated rings. The summed E-state index contributed by atoms with van der Waals surface area (Å²) in [5.41, 5.74) is 9.44. The molecule has 1 aliphatic carbocycles. The van der Waals surface area contributed by atoms with Gasteiger partial charge in [-0.25, -0.2) is 5.01 Å². The summed E-state index contributed by atoms with van der Waals surface area (Å²) in [4.78, 5) is 2.37. The number of likely N-dealkylation sites (N-methyl/N-ethyl adjacent to an activating group) is 1. The van der Waals surface area contributed by atoms with E-state index >= 15 is 0 Å². The van der Waals surface area contributed by atoms with Crippen LogP contribution in [0.2, 0.25) is 0 Å². The number of hydrogen-bond acceptors (Lipinski definition) is 4. The Hall–Kier alpha value is -0.160. The molecular weight excluding hydrogens is 188 g/mol. The predicted molar refractivity (Wildman–Crippen MR) is 62.4 cm³/mol. The molecule has 0 aromatic heterocycles. The summed E-state index contributed by atoms with van der Waals surface area (Å²) in [5, 5.41) is 2.36. The highest BCUT2D eigenvalue weighted by Gasteiger charge is 2.28. The number of hydrazine groups is 1. The van der Waals surface area contributed by atoms with Crippen LogP contribution in [0.5, 0.6) is 0 Å². The third-order valence-electron chi connectivity index (χ3n) is 3.82. The first-order chi connectivity index (χ1) is 7.29. The number of hydrogen-bond donors (Lipinski definition) is 2. The highest BCUT2D eigenvalue weighted by molar-refractivity contribution is 4.83. The molecule has 4 heteroatoms. The van der Waals surface area contributed by atoms with E-state index in [0.717, 1.165) is 38.6 Å². The van der Waals surface area contributed by atoms with E-state index in [-0.39, 0.29) is 0 Å². The van der Waals surface area contributed by atoms with Crippen molar-refractivity contribution in [2.75, 3.05) is 39.8 Å². The molecule has 1 atom stereocenters. The molecule has 4 nitrogen and oxygen atoms in total. The van der Waals surface area contributed by atoms with Crippen molar-refractivity contribution in [3.05, 3.63) is 0 Å². The van der Waals surface area contributed by atoms with Crippen LogP contribution in [0.25, 0.3) is 0 Å². The highest BCUT2D eigenvalue weighted by atomic mass is 15.5. The van der Waals surface area contributed by atoms with Gasteiger partial charge in [-0.15, -0.1) is 0 Å². The lowest BCUT2D eigenvalue weighted by Crippen LogP contribution is -2.57. The molecule has 1 saturated carbocycles. The fourth-order valence-electron chi connectivity index (χ4n) is 2.36. The summed E-state index contributed by atoms with van der Waals surface area (Å²) in [6, 6.07) is 0.516. The van der Waals surface area contributed by atoms with Gasteiger partial charge in [0.2, 0.25) is 0 Å². The van der Waals surface area contributed by atoms with Gasteiger partial charge in [-0.1, -0.05) is 6.42 Å². The van der Waals surface area contributed by atoms with Crippen molar-refractivity contribution in [3.63, 3.8) is 0 Å². The Balaban J connectivity index is 1.74. The molecule has 3 N–H and O–H groups in total. The molecule has 88 valence electrons. The summed E-state index contributed by atoms with van der Waals surface area (Å²) in [5.74, 6) is 0.828. The van der Waals surface area contributed by atoms with Gasteiger partial charge >= 0.3 is 0 Å². The Morgan fingerprint density at radius 2 is 1.93 bits per heavy atom. The lowest BCUT2D eigenvalue weighted by molar-refractivity contribution is 0.0615. The summed E-state index contributed by atoms with van der Waals surface area (Å²) in [7, 11) is 2.18. The maximum atomic E-state index is 5.83. The molecule has 0 bridgehead atoms. The van der Waals surface area contributed by atoms with Gasteiger partial charge in [0, 0.05) is 38.8 Å². The van der Waals surface area contributed by atoms with Crippen LogP contribution >= 0.6 is 0 Å². The van der Waals surface area contributed by atoms with Crippen molar-refractivity contribution in [1.29, 1.82) is 0 Å². The molecule has 2 aliphatic rings. The summed E-state index contributed by atoms with van der Waals surface area (Å²) in [6.45, 7) is 5.35. The molecule has 1 saturated heterocycles. The van der Waals surface area contributed by atoms with Gasteiger partial charge in [-0.05, 0) is 25.8 Å². The number of nitrogens with zero attached hydrogens (tertiary/aromatic N) is 2. The Morgan fingerprint density at radius 1 is 1.27 bits per heavy atom. The third kappa shape index (κ3) is 2.91. The average Bonchev–Trinajstić information content (AvgIpc) is 2.17. The van der Waals surface area contributed by atoms with E-state index in [1.165, 1.54) is 19.3 Å². The van der Waals surface area contributed by atoms with Gasteiger partial charge < -0.3 is 10.6 Å². The molecule has 2 rings (SSSR count). The monoisotopic (exact) mass is 212 g/mol. The average molecular weight is 212 g/mol. The second-order valence-electron chi connectivity index (χ2n) is 4.95. The van der Waals surface area contributed by atoms with Crippen LogP contribution in [0, 0.1) is 5.92 Å². The van der Waals surface area contributed by atoms with Crippen LogP contribution in [0.15, 0.2) is 0 Å². The highest BCUT2D eigenvalue weighted by Crippen LogP contribution is 2.29. The normalized spacial score (nSPS) is 27.6. The second kappa shape index (κ2) is 5.25. The van der Waals surface area contributed by atoms with Gasteiger partial charge in [0.05, 0.1) is 0 Å². The Morgan fingerprint density at radius 3 is 2.40 bits per heavy atom. The minimum Gasteiger partial charge on any atom is -0.329 e. The van der Waals surface area contributed by atoms with Crippen molar-refractivity contribution in [3.8, 4) is 0 Å². The lowest BCUT2D eigenvalue weighted by atomic mass is 9.80. The largest absolute Gasteiger partial charge is 0.329 e. The number of nitrogens with two attached hydrogens (primary N) is 1. The molecule has 1 unspecified atom stereocenters. The minimum absolute atomic E-state index is 0.516. The summed E-state index contributed by atoms with van der Waals surface area (Å²) >= 11 is 0.